The van der Waals surface area contributed by atoms with Gasteiger partial charge in [0.05, 0.1) is 5.41 Å². The van der Waals surface area contributed by atoms with E-state index in [-0.39, 0.29) is 17.4 Å². The first-order valence-corrected chi connectivity index (χ1v) is 4.76. The van der Waals surface area contributed by atoms with Crippen LogP contribution < -0.4 is 0 Å². The first-order chi connectivity index (χ1) is 5.92. The number of aliphatic hydroxyl groups excluding tert-OH is 1. The molecule has 0 aromatic heterocycles. The molecule has 3 nitrogen and oxygen atoms in total. The fraction of sp³-hybridized carbons (Fsp3) is 0.900. The molecule has 0 saturated heterocycles. The van der Waals surface area contributed by atoms with Gasteiger partial charge in [-0.1, -0.05) is 13.8 Å². The van der Waals surface area contributed by atoms with E-state index in [4.69, 9.17) is 0 Å². The highest BCUT2D eigenvalue weighted by molar-refractivity contribution is 5.79. The predicted octanol–water partition coefficient (Wildman–Crippen LogP) is 1.26. The molecule has 0 radical (unpaired) electrons. The average molecular weight is 184 g/mol. The molecular weight excluding hydrogens is 168 g/mol. The fourth-order valence-corrected chi connectivity index (χ4v) is 3.46. The second-order valence-corrected chi connectivity index (χ2v) is 5.13. The van der Waals surface area contributed by atoms with Gasteiger partial charge in [-0.05, 0) is 24.7 Å². The average Bonchev–Trinajstić information content (AvgIpc) is 2.55. The van der Waals surface area contributed by atoms with Crippen molar-refractivity contribution in [1.82, 2.24) is 0 Å². The van der Waals surface area contributed by atoms with Crippen LogP contribution in [0.15, 0.2) is 0 Å². The number of carbonyl (C=O) groups is 1. The van der Waals surface area contributed by atoms with E-state index in [1.807, 2.05) is 13.8 Å². The lowest BCUT2D eigenvalue weighted by Crippen LogP contribution is -2.61. The molecule has 2 N–H and O–H groups in total. The van der Waals surface area contributed by atoms with Crippen LogP contribution in [-0.2, 0) is 4.79 Å². The van der Waals surface area contributed by atoms with Gasteiger partial charge in [0.1, 0.15) is 0 Å². The Morgan fingerprint density at radius 2 is 2.00 bits per heavy atom. The number of carboxylic acid groups (broad SMARTS) is 1. The summed E-state index contributed by atoms with van der Waals surface area (Å²) in [5, 5.41) is 18.5. The van der Waals surface area contributed by atoms with Gasteiger partial charge in [-0.15, -0.1) is 0 Å². The largest absolute Gasteiger partial charge is 0.481 e. The van der Waals surface area contributed by atoms with Crippen molar-refractivity contribution in [3.63, 3.8) is 0 Å². The lowest BCUT2D eigenvalue weighted by molar-refractivity contribution is -0.194. The van der Waals surface area contributed by atoms with Gasteiger partial charge in [-0.25, -0.2) is 0 Å². The topological polar surface area (TPSA) is 57.5 Å². The molecule has 74 valence electrons. The van der Waals surface area contributed by atoms with Crippen LogP contribution in [0, 0.1) is 16.2 Å². The van der Waals surface area contributed by atoms with Gasteiger partial charge < -0.3 is 10.2 Å². The maximum Gasteiger partial charge on any atom is 0.310 e. The number of aliphatic hydroxyl groups is 1. The molecule has 0 aliphatic heterocycles. The zero-order chi connectivity index (χ0) is 9.91. The molecular formula is C10H16O3. The summed E-state index contributed by atoms with van der Waals surface area (Å²) in [7, 11) is 0. The molecule has 0 amide bonds. The summed E-state index contributed by atoms with van der Waals surface area (Å²) < 4.78 is 0. The second kappa shape index (κ2) is 2.08. The van der Waals surface area contributed by atoms with Crippen molar-refractivity contribution in [3.8, 4) is 0 Å². The highest BCUT2D eigenvalue weighted by Gasteiger charge is 2.76. The molecule has 3 saturated carbocycles. The highest BCUT2D eigenvalue weighted by Crippen LogP contribution is 2.77. The summed E-state index contributed by atoms with van der Waals surface area (Å²) in [6.07, 6.45) is 2.26. The maximum atomic E-state index is 11.2. The molecule has 3 aliphatic carbocycles. The molecule has 2 atom stereocenters. The highest BCUT2D eigenvalue weighted by atomic mass is 16.4. The van der Waals surface area contributed by atoms with Crippen LogP contribution >= 0.6 is 0 Å². The zero-order valence-electron chi connectivity index (χ0n) is 8.13. The van der Waals surface area contributed by atoms with Crippen molar-refractivity contribution in [2.24, 2.45) is 16.2 Å². The summed E-state index contributed by atoms with van der Waals surface area (Å²) in [6, 6.07) is 0. The summed E-state index contributed by atoms with van der Waals surface area (Å²) in [6.45, 7) is 4.09. The van der Waals surface area contributed by atoms with E-state index in [0.29, 0.717) is 6.42 Å². The van der Waals surface area contributed by atoms with E-state index in [1.54, 1.807) is 0 Å². The third kappa shape index (κ3) is 0.654. The monoisotopic (exact) mass is 184 g/mol. The number of carboxylic acids is 1. The Kier molecular flexibility index (Phi) is 1.44. The molecule has 13 heavy (non-hydrogen) atoms. The van der Waals surface area contributed by atoms with Gasteiger partial charge in [0.15, 0.2) is 0 Å². The van der Waals surface area contributed by atoms with Crippen LogP contribution in [-0.4, -0.2) is 22.8 Å². The Bertz CT molecular complexity index is 271. The van der Waals surface area contributed by atoms with E-state index in [9.17, 15) is 15.0 Å². The first kappa shape index (κ1) is 9.00. The van der Waals surface area contributed by atoms with Crippen LogP contribution in [0.3, 0.4) is 0 Å². The summed E-state index contributed by atoms with van der Waals surface area (Å²) in [5.41, 5.74) is -0.887. The fourth-order valence-electron chi connectivity index (χ4n) is 3.46. The molecule has 0 aromatic carbocycles. The molecule has 0 unspecified atom stereocenters. The van der Waals surface area contributed by atoms with Crippen molar-refractivity contribution >= 4 is 5.97 Å². The van der Waals surface area contributed by atoms with Crippen molar-refractivity contribution < 1.29 is 15.0 Å². The van der Waals surface area contributed by atoms with E-state index < -0.39 is 11.4 Å². The molecule has 3 fully saturated rings. The first-order valence-electron chi connectivity index (χ1n) is 4.76. The Balaban J connectivity index is 2.38. The van der Waals surface area contributed by atoms with Crippen molar-refractivity contribution in [1.29, 1.82) is 0 Å². The third-order valence-electron chi connectivity index (χ3n) is 4.90. The summed E-state index contributed by atoms with van der Waals surface area (Å²) in [5.74, 6) is -0.681. The van der Waals surface area contributed by atoms with Crippen LogP contribution in [0.5, 0.6) is 0 Å². The minimum Gasteiger partial charge on any atom is -0.481 e. The Hall–Kier alpha value is -0.570. The van der Waals surface area contributed by atoms with Crippen molar-refractivity contribution in [3.05, 3.63) is 0 Å². The van der Waals surface area contributed by atoms with Crippen LogP contribution in [0.25, 0.3) is 0 Å². The van der Waals surface area contributed by atoms with Gasteiger partial charge in [-0.2, -0.15) is 0 Å². The smallest absolute Gasteiger partial charge is 0.310 e. The molecule has 0 aromatic rings. The standard InChI is InChI=1S/C10H16O3/c1-8(2)9(6-11)3-4-10(8,5-9)7(12)13/h11H,3-6H2,1-2H3,(H,12,13)/t9-,10+/m0/s1. The van der Waals surface area contributed by atoms with E-state index in [1.165, 1.54) is 0 Å². The van der Waals surface area contributed by atoms with E-state index >= 15 is 0 Å². The lowest BCUT2D eigenvalue weighted by Gasteiger charge is -2.59. The number of hydrogen-bond donors (Lipinski definition) is 2. The second-order valence-electron chi connectivity index (χ2n) is 5.13. The van der Waals surface area contributed by atoms with Gasteiger partial charge in [-0.3, -0.25) is 4.79 Å². The lowest BCUT2D eigenvalue weighted by atomic mass is 9.43. The van der Waals surface area contributed by atoms with E-state index in [2.05, 4.69) is 0 Å². The molecule has 0 spiro atoms. The maximum absolute atomic E-state index is 11.2. The number of aliphatic carboxylic acids is 1. The molecule has 0 heterocycles. The van der Waals surface area contributed by atoms with Crippen LogP contribution in [0.1, 0.15) is 33.1 Å². The van der Waals surface area contributed by atoms with Gasteiger partial charge in [0.2, 0.25) is 0 Å². The Labute approximate surface area is 77.8 Å². The predicted molar refractivity (Wildman–Crippen MR) is 47.2 cm³/mol. The number of rotatable bonds is 2. The molecule has 3 aliphatic rings. The van der Waals surface area contributed by atoms with Gasteiger partial charge in [0.25, 0.3) is 0 Å². The summed E-state index contributed by atoms with van der Waals surface area (Å²) >= 11 is 0. The van der Waals surface area contributed by atoms with Crippen molar-refractivity contribution in [2.75, 3.05) is 6.61 Å². The molecule has 3 rings (SSSR count). The SMILES string of the molecule is CC1(C)[C@@]2(CO)CC[C@]1(C(=O)O)C2. The number of fused-ring (bicyclic) bond motifs is 1. The quantitative estimate of drug-likeness (QED) is 0.679. The Morgan fingerprint density at radius 1 is 1.38 bits per heavy atom. The minimum absolute atomic E-state index is 0.106. The zero-order valence-corrected chi connectivity index (χ0v) is 8.13. The summed E-state index contributed by atoms with van der Waals surface area (Å²) in [4.78, 5) is 11.2. The van der Waals surface area contributed by atoms with Crippen LogP contribution in [0.2, 0.25) is 0 Å². The minimum atomic E-state index is -0.681. The molecule has 3 heteroatoms. The van der Waals surface area contributed by atoms with Gasteiger partial charge >= 0.3 is 5.97 Å². The van der Waals surface area contributed by atoms with Crippen molar-refractivity contribution in [2.45, 2.75) is 33.1 Å². The Morgan fingerprint density at radius 3 is 2.23 bits per heavy atom. The van der Waals surface area contributed by atoms with Crippen LogP contribution in [0.4, 0.5) is 0 Å². The number of hydrogen-bond acceptors (Lipinski definition) is 2. The van der Waals surface area contributed by atoms with Gasteiger partial charge in [0, 0.05) is 12.0 Å². The normalized spacial score (nSPS) is 45.8. The molecule has 2 bridgehead atoms. The van der Waals surface area contributed by atoms with E-state index in [0.717, 1.165) is 12.8 Å². The third-order valence-corrected chi connectivity index (χ3v) is 4.90.